The Morgan fingerprint density at radius 3 is 2.64 bits per heavy atom. The minimum atomic E-state index is -0.0460. The van der Waals surface area contributed by atoms with Gasteiger partial charge < -0.3 is 10.2 Å². The molecule has 2 amide bonds. The molecular formula is C20H31N3O2. The fourth-order valence-corrected chi connectivity index (χ4v) is 3.42. The Bertz CT molecular complexity index is 561. The SMILES string of the molecule is CCCC(=O)NCC(=O)N(C)C1CCN(Cc2ccccc2)C(C)C1. The molecule has 1 heterocycles. The Morgan fingerprint density at radius 1 is 1.28 bits per heavy atom. The van der Waals surface area contributed by atoms with Crippen molar-refractivity contribution in [3.05, 3.63) is 35.9 Å². The molecule has 25 heavy (non-hydrogen) atoms. The summed E-state index contributed by atoms with van der Waals surface area (Å²) < 4.78 is 0. The van der Waals surface area contributed by atoms with Crippen molar-refractivity contribution >= 4 is 11.8 Å². The first kappa shape index (κ1) is 19.4. The van der Waals surface area contributed by atoms with Gasteiger partial charge in [-0.25, -0.2) is 0 Å². The molecule has 5 nitrogen and oxygen atoms in total. The van der Waals surface area contributed by atoms with E-state index < -0.39 is 0 Å². The lowest BCUT2D eigenvalue weighted by Crippen LogP contribution is -2.50. The largest absolute Gasteiger partial charge is 0.347 e. The van der Waals surface area contributed by atoms with Crippen LogP contribution >= 0.6 is 0 Å². The van der Waals surface area contributed by atoms with Gasteiger partial charge in [0.2, 0.25) is 11.8 Å². The molecule has 0 aromatic heterocycles. The van der Waals surface area contributed by atoms with Crippen LogP contribution in [0.1, 0.15) is 45.1 Å². The molecule has 1 aromatic rings. The summed E-state index contributed by atoms with van der Waals surface area (Å²) in [5.74, 6) is -0.0477. The van der Waals surface area contributed by atoms with Gasteiger partial charge in [-0.2, -0.15) is 0 Å². The van der Waals surface area contributed by atoms with Gasteiger partial charge in [-0.1, -0.05) is 37.3 Å². The fraction of sp³-hybridized carbons (Fsp3) is 0.600. The number of nitrogens with one attached hydrogen (secondary N) is 1. The summed E-state index contributed by atoms with van der Waals surface area (Å²) in [4.78, 5) is 28.2. The van der Waals surface area contributed by atoms with Crippen LogP contribution in [0, 0.1) is 0 Å². The van der Waals surface area contributed by atoms with Gasteiger partial charge in [-0.05, 0) is 31.7 Å². The van der Waals surface area contributed by atoms with Crippen LogP contribution in [0.4, 0.5) is 0 Å². The Balaban J connectivity index is 1.80. The maximum Gasteiger partial charge on any atom is 0.241 e. The number of benzene rings is 1. The summed E-state index contributed by atoms with van der Waals surface area (Å²) in [7, 11) is 1.86. The highest BCUT2D eigenvalue weighted by molar-refractivity contribution is 5.84. The quantitative estimate of drug-likeness (QED) is 0.826. The van der Waals surface area contributed by atoms with Crippen molar-refractivity contribution < 1.29 is 9.59 Å². The predicted octanol–water partition coefficient (Wildman–Crippen LogP) is 2.41. The standard InChI is InChI=1S/C20H31N3O2/c1-4-8-19(24)21-14-20(25)22(3)18-11-12-23(16(2)13-18)15-17-9-6-5-7-10-17/h5-7,9-10,16,18H,4,8,11-15H2,1-3H3,(H,21,24). The summed E-state index contributed by atoms with van der Waals surface area (Å²) in [5.41, 5.74) is 1.33. The highest BCUT2D eigenvalue weighted by Gasteiger charge is 2.29. The molecule has 1 saturated heterocycles. The average Bonchev–Trinajstić information content (AvgIpc) is 2.62. The maximum absolute atomic E-state index is 12.3. The summed E-state index contributed by atoms with van der Waals surface area (Å²) >= 11 is 0. The third-order valence-electron chi connectivity index (χ3n) is 5.07. The van der Waals surface area contributed by atoms with Crippen molar-refractivity contribution in [3.63, 3.8) is 0 Å². The molecule has 1 aromatic carbocycles. The third-order valence-corrected chi connectivity index (χ3v) is 5.07. The molecule has 1 aliphatic rings. The van der Waals surface area contributed by atoms with Gasteiger partial charge in [-0.3, -0.25) is 14.5 Å². The molecular weight excluding hydrogens is 314 g/mol. The number of carbonyl (C=O) groups excluding carboxylic acids is 2. The molecule has 0 spiro atoms. The Labute approximate surface area is 151 Å². The second-order valence-electron chi connectivity index (χ2n) is 7.01. The Morgan fingerprint density at radius 2 is 2.00 bits per heavy atom. The van der Waals surface area contributed by atoms with Gasteiger partial charge in [0.25, 0.3) is 0 Å². The minimum absolute atomic E-state index is 0.00170. The molecule has 1 N–H and O–H groups in total. The van der Waals surface area contributed by atoms with E-state index in [1.54, 1.807) is 0 Å². The lowest BCUT2D eigenvalue weighted by Gasteiger charge is -2.41. The van der Waals surface area contributed by atoms with E-state index in [9.17, 15) is 9.59 Å². The Kier molecular flexibility index (Phi) is 7.44. The van der Waals surface area contributed by atoms with Crippen LogP contribution in [-0.4, -0.2) is 53.8 Å². The van der Waals surface area contributed by atoms with Gasteiger partial charge >= 0.3 is 0 Å². The zero-order chi connectivity index (χ0) is 18.2. The monoisotopic (exact) mass is 345 g/mol. The van der Waals surface area contributed by atoms with Crippen molar-refractivity contribution in [1.82, 2.24) is 15.1 Å². The number of piperidine rings is 1. The number of hydrogen-bond donors (Lipinski definition) is 1. The highest BCUT2D eigenvalue weighted by Crippen LogP contribution is 2.23. The fourth-order valence-electron chi connectivity index (χ4n) is 3.42. The van der Waals surface area contributed by atoms with E-state index in [0.717, 1.165) is 32.4 Å². The van der Waals surface area contributed by atoms with E-state index in [-0.39, 0.29) is 24.4 Å². The van der Waals surface area contributed by atoms with Crippen LogP contribution in [-0.2, 0) is 16.1 Å². The number of likely N-dealkylation sites (N-methyl/N-ethyl adjacent to an activating group) is 1. The molecule has 138 valence electrons. The van der Waals surface area contributed by atoms with Gasteiger partial charge in [0.05, 0.1) is 6.54 Å². The zero-order valence-electron chi connectivity index (χ0n) is 15.7. The highest BCUT2D eigenvalue weighted by atomic mass is 16.2. The van der Waals surface area contributed by atoms with Gasteiger partial charge in [0.15, 0.2) is 0 Å². The molecule has 0 saturated carbocycles. The van der Waals surface area contributed by atoms with E-state index in [2.05, 4.69) is 41.4 Å². The number of rotatable bonds is 7. The van der Waals surface area contributed by atoms with Crippen molar-refractivity contribution in [2.45, 2.75) is 58.2 Å². The lowest BCUT2D eigenvalue weighted by atomic mass is 9.96. The molecule has 0 radical (unpaired) electrons. The number of hydrogen-bond acceptors (Lipinski definition) is 3. The molecule has 2 atom stereocenters. The summed E-state index contributed by atoms with van der Waals surface area (Å²) in [5, 5.41) is 2.72. The summed E-state index contributed by atoms with van der Waals surface area (Å²) in [6.45, 7) is 6.24. The lowest BCUT2D eigenvalue weighted by molar-refractivity contribution is -0.134. The van der Waals surface area contributed by atoms with Gasteiger partial charge in [0, 0.05) is 38.6 Å². The minimum Gasteiger partial charge on any atom is -0.347 e. The molecule has 0 bridgehead atoms. The van der Waals surface area contributed by atoms with Crippen molar-refractivity contribution in [3.8, 4) is 0 Å². The second-order valence-corrected chi connectivity index (χ2v) is 7.01. The summed E-state index contributed by atoms with van der Waals surface area (Å²) in [6, 6.07) is 11.2. The zero-order valence-corrected chi connectivity index (χ0v) is 15.7. The topological polar surface area (TPSA) is 52.7 Å². The van der Waals surface area contributed by atoms with Crippen LogP contribution in [0.15, 0.2) is 30.3 Å². The van der Waals surface area contributed by atoms with E-state index >= 15 is 0 Å². The summed E-state index contributed by atoms with van der Waals surface area (Å²) in [6.07, 6.45) is 3.22. The first-order chi connectivity index (χ1) is 12.0. The molecule has 2 unspecified atom stereocenters. The van der Waals surface area contributed by atoms with E-state index in [0.29, 0.717) is 12.5 Å². The van der Waals surface area contributed by atoms with Gasteiger partial charge in [0.1, 0.15) is 0 Å². The van der Waals surface area contributed by atoms with Crippen molar-refractivity contribution in [2.24, 2.45) is 0 Å². The van der Waals surface area contributed by atoms with Gasteiger partial charge in [-0.15, -0.1) is 0 Å². The first-order valence-electron chi connectivity index (χ1n) is 9.31. The molecule has 1 aliphatic heterocycles. The van der Waals surface area contributed by atoms with E-state index in [1.165, 1.54) is 5.56 Å². The first-order valence-corrected chi connectivity index (χ1v) is 9.31. The van der Waals surface area contributed by atoms with Crippen LogP contribution in [0.25, 0.3) is 0 Å². The second kappa shape index (κ2) is 9.56. The molecule has 0 aliphatic carbocycles. The third kappa shape index (κ3) is 5.85. The normalized spacial score (nSPS) is 20.9. The van der Waals surface area contributed by atoms with Crippen molar-refractivity contribution in [1.29, 1.82) is 0 Å². The maximum atomic E-state index is 12.3. The Hall–Kier alpha value is -1.88. The van der Waals surface area contributed by atoms with Crippen LogP contribution < -0.4 is 5.32 Å². The van der Waals surface area contributed by atoms with Crippen molar-refractivity contribution in [2.75, 3.05) is 20.1 Å². The predicted molar refractivity (Wildman–Crippen MR) is 100 cm³/mol. The smallest absolute Gasteiger partial charge is 0.241 e. The number of nitrogens with zero attached hydrogens (tertiary/aromatic N) is 2. The number of amides is 2. The number of carbonyl (C=O) groups is 2. The number of likely N-dealkylation sites (tertiary alicyclic amines) is 1. The average molecular weight is 345 g/mol. The molecule has 5 heteroatoms. The van der Waals surface area contributed by atoms with Crippen LogP contribution in [0.3, 0.4) is 0 Å². The van der Waals surface area contributed by atoms with E-state index in [1.807, 2.05) is 24.9 Å². The van der Waals surface area contributed by atoms with Crippen LogP contribution in [0.2, 0.25) is 0 Å². The van der Waals surface area contributed by atoms with Crippen LogP contribution in [0.5, 0.6) is 0 Å². The molecule has 2 rings (SSSR count). The molecule has 1 fully saturated rings. The van der Waals surface area contributed by atoms with E-state index in [4.69, 9.17) is 0 Å².